The molecule has 4 nitrogen and oxygen atoms in total. The number of carbonyl (C=O) groups excluding carboxylic acids is 1. The molecule has 0 saturated heterocycles. The summed E-state index contributed by atoms with van der Waals surface area (Å²) < 4.78 is 11.5. The number of benzene rings is 3. The highest BCUT2D eigenvalue weighted by Gasteiger charge is 2.09. The van der Waals surface area contributed by atoms with Crippen LogP contribution in [0.15, 0.2) is 72.8 Å². The maximum Gasteiger partial charge on any atom is 0.248 e. The fourth-order valence-electron chi connectivity index (χ4n) is 2.68. The SMILES string of the molecule is CCOc1ccc(C(N)=O)cc1COc1ccc(-c2ccccc2)cc1. The van der Waals surface area contributed by atoms with Crippen LogP contribution in [0.4, 0.5) is 0 Å². The molecule has 0 fully saturated rings. The molecule has 132 valence electrons. The first-order valence-electron chi connectivity index (χ1n) is 8.51. The fraction of sp³-hybridized carbons (Fsp3) is 0.136. The maximum absolute atomic E-state index is 11.4. The van der Waals surface area contributed by atoms with Crippen molar-refractivity contribution in [2.45, 2.75) is 13.5 Å². The van der Waals surface area contributed by atoms with Gasteiger partial charge in [-0.25, -0.2) is 0 Å². The lowest BCUT2D eigenvalue weighted by Gasteiger charge is -2.13. The predicted octanol–water partition coefficient (Wildman–Crippen LogP) is 4.43. The minimum atomic E-state index is -0.471. The molecule has 0 radical (unpaired) electrons. The summed E-state index contributed by atoms with van der Waals surface area (Å²) >= 11 is 0. The van der Waals surface area contributed by atoms with E-state index in [1.807, 2.05) is 49.4 Å². The van der Waals surface area contributed by atoms with Crippen LogP contribution in [0.2, 0.25) is 0 Å². The van der Waals surface area contributed by atoms with Gasteiger partial charge in [-0.3, -0.25) is 4.79 Å². The molecular formula is C22H21NO3. The third-order valence-electron chi connectivity index (χ3n) is 4.00. The molecule has 3 aromatic carbocycles. The lowest BCUT2D eigenvalue weighted by Crippen LogP contribution is -2.12. The molecule has 26 heavy (non-hydrogen) atoms. The molecule has 0 aliphatic rings. The zero-order valence-corrected chi connectivity index (χ0v) is 14.6. The number of nitrogens with two attached hydrogens (primary N) is 1. The quantitative estimate of drug-likeness (QED) is 0.688. The van der Waals surface area contributed by atoms with Gasteiger partial charge >= 0.3 is 0 Å². The third-order valence-corrected chi connectivity index (χ3v) is 4.00. The number of rotatable bonds is 7. The van der Waals surface area contributed by atoms with Gasteiger partial charge in [0.1, 0.15) is 18.1 Å². The number of primary amides is 1. The van der Waals surface area contributed by atoms with Crippen LogP contribution in [0.5, 0.6) is 11.5 Å². The van der Waals surface area contributed by atoms with Gasteiger partial charge in [-0.15, -0.1) is 0 Å². The van der Waals surface area contributed by atoms with Crippen molar-refractivity contribution in [3.8, 4) is 22.6 Å². The van der Waals surface area contributed by atoms with Crippen LogP contribution < -0.4 is 15.2 Å². The summed E-state index contributed by atoms with van der Waals surface area (Å²) in [5, 5.41) is 0. The topological polar surface area (TPSA) is 61.5 Å². The van der Waals surface area contributed by atoms with Crippen molar-refractivity contribution in [3.05, 3.63) is 83.9 Å². The third kappa shape index (κ3) is 4.22. The summed E-state index contributed by atoms with van der Waals surface area (Å²) in [6.45, 7) is 2.74. The number of hydrogen-bond donors (Lipinski definition) is 1. The highest BCUT2D eigenvalue weighted by Crippen LogP contribution is 2.25. The predicted molar refractivity (Wildman–Crippen MR) is 102 cm³/mol. The number of hydrogen-bond acceptors (Lipinski definition) is 3. The van der Waals surface area contributed by atoms with Crippen molar-refractivity contribution in [1.29, 1.82) is 0 Å². The van der Waals surface area contributed by atoms with Gasteiger partial charge in [-0.2, -0.15) is 0 Å². The summed E-state index contributed by atoms with van der Waals surface area (Å²) in [7, 11) is 0. The van der Waals surface area contributed by atoms with Crippen LogP contribution in [-0.2, 0) is 6.61 Å². The molecule has 3 rings (SSSR count). The zero-order chi connectivity index (χ0) is 18.4. The van der Waals surface area contributed by atoms with Crippen LogP contribution in [0.1, 0.15) is 22.8 Å². The molecule has 2 N–H and O–H groups in total. The Morgan fingerprint density at radius 3 is 2.23 bits per heavy atom. The van der Waals surface area contributed by atoms with Gasteiger partial charge < -0.3 is 15.2 Å². The van der Waals surface area contributed by atoms with Crippen LogP contribution in [0.3, 0.4) is 0 Å². The van der Waals surface area contributed by atoms with Crippen molar-refractivity contribution in [3.63, 3.8) is 0 Å². The second-order valence-corrected chi connectivity index (χ2v) is 5.80. The number of ether oxygens (including phenoxy) is 2. The van der Waals surface area contributed by atoms with Crippen molar-refractivity contribution in [1.82, 2.24) is 0 Å². The van der Waals surface area contributed by atoms with E-state index in [4.69, 9.17) is 15.2 Å². The van der Waals surface area contributed by atoms with Crippen molar-refractivity contribution >= 4 is 5.91 Å². The Bertz CT molecular complexity index is 874. The van der Waals surface area contributed by atoms with E-state index in [9.17, 15) is 4.79 Å². The molecule has 0 saturated carbocycles. The Balaban J connectivity index is 1.74. The van der Waals surface area contributed by atoms with Gasteiger partial charge in [0.2, 0.25) is 5.91 Å². The summed E-state index contributed by atoms with van der Waals surface area (Å²) in [6.07, 6.45) is 0. The highest BCUT2D eigenvalue weighted by molar-refractivity contribution is 5.93. The standard InChI is InChI=1S/C22H21NO3/c1-2-25-21-13-10-18(22(23)24)14-19(21)15-26-20-11-8-17(9-12-20)16-6-4-3-5-7-16/h3-14H,2,15H2,1H3,(H2,23,24). The first kappa shape index (κ1) is 17.5. The van der Waals surface area contributed by atoms with E-state index in [-0.39, 0.29) is 0 Å². The largest absolute Gasteiger partial charge is 0.493 e. The molecule has 0 unspecified atom stereocenters. The van der Waals surface area contributed by atoms with Crippen LogP contribution >= 0.6 is 0 Å². The molecule has 4 heteroatoms. The van der Waals surface area contributed by atoms with Crippen LogP contribution in [0, 0.1) is 0 Å². The van der Waals surface area contributed by atoms with Gasteiger partial charge in [-0.1, -0.05) is 42.5 Å². The first-order valence-corrected chi connectivity index (χ1v) is 8.51. The average molecular weight is 347 g/mol. The van der Waals surface area contributed by atoms with E-state index >= 15 is 0 Å². The Hall–Kier alpha value is -3.27. The van der Waals surface area contributed by atoms with Gasteiger partial charge in [0.25, 0.3) is 0 Å². The van der Waals surface area contributed by atoms with Gasteiger partial charge in [0.15, 0.2) is 0 Å². The van der Waals surface area contributed by atoms with Gasteiger partial charge in [0.05, 0.1) is 6.61 Å². The lowest BCUT2D eigenvalue weighted by atomic mass is 10.1. The van der Waals surface area contributed by atoms with Crippen molar-refractivity contribution < 1.29 is 14.3 Å². The van der Waals surface area contributed by atoms with Gasteiger partial charge in [0, 0.05) is 11.1 Å². The molecule has 0 spiro atoms. The molecule has 0 aliphatic carbocycles. The normalized spacial score (nSPS) is 10.3. The highest BCUT2D eigenvalue weighted by atomic mass is 16.5. The monoisotopic (exact) mass is 347 g/mol. The smallest absolute Gasteiger partial charge is 0.248 e. The Morgan fingerprint density at radius 2 is 1.58 bits per heavy atom. The lowest BCUT2D eigenvalue weighted by molar-refractivity contribution is 0.1000. The summed E-state index contributed by atoms with van der Waals surface area (Å²) in [5.41, 5.74) is 8.88. The number of carbonyl (C=O) groups is 1. The molecule has 0 aromatic heterocycles. The fourth-order valence-corrected chi connectivity index (χ4v) is 2.68. The van der Waals surface area contributed by atoms with E-state index in [1.165, 1.54) is 0 Å². The zero-order valence-electron chi connectivity index (χ0n) is 14.6. The molecule has 0 atom stereocenters. The van der Waals surface area contributed by atoms with E-state index in [0.29, 0.717) is 24.5 Å². The summed E-state index contributed by atoms with van der Waals surface area (Å²) in [5.74, 6) is 0.969. The minimum absolute atomic E-state index is 0.293. The van der Waals surface area contributed by atoms with Crippen LogP contribution in [0.25, 0.3) is 11.1 Å². The number of amides is 1. The summed E-state index contributed by atoms with van der Waals surface area (Å²) in [6, 6.07) is 23.2. The van der Waals surface area contributed by atoms with E-state index in [2.05, 4.69) is 12.1 Å². The Morgan fingerprint density at radius 1 is 0.885 bits per heavy atom. The van der Waals surface area contributed by atoms with Crippen molar-refractivity contribution in [2.75, 3.05) is 6.61 Å². The van der Waals surface area contributed by atoms with Gasteiger partial charge in [-0.05, 0) is 48.4 Å². The van der Waals surface area contributed by atoms with E-state index in [1.54, 1.807) is 18.2 Å². The Labute approximate surface area is 153 Å². The average Bonchev–Trinajstić information content (AvgIpc) is 2.68. The van der Waals surface area contributed by atoms with E-state index in [0.717, 1.165) is 22.4 Å². The second kappa shape index (κ2) is 8.21. The molecule has 0 bridgehead atoms. The van der Waals surface area contributed by atoms with Crippen LogP contribution in [-0.4, -0.2) is 12.5 Å². The van der Waals surface area contributed by atoms with Crippen molar-refractivity contribution in [2.24, 2.45) is 5.73 Å². The minimum Gasteiger partial charge on any atom is -0.493 e. The molecule has 0 heterocycles. The molecule has 3 aromatic rings. The second-order valence-electron chi connectivity index (χ2n) is 5.80. The first-order chi connectivity index (χ1) is 12.7. The van der Waals surface area contributed by atoms with E-state index < -0.39 is 5.91 Å². The molecular weight excluding hydrogens is 326 g/mol. The summed E-state index contributed by atoms with van der Waals surface area (Å²) in [4.78, 5) is 11.4. The molecule has 1 amide bonds. The Kier molecular flexibility index (Phi) is 5.54. The maximum atomic E-state index is 11.4. The molecule has 0 aliphatic heterocycles.